The number of benzene rings is 2. The second-order valence-corrected chi connectivity index (χ2v) is 7.11. The van der Waals surface area contributed by atoms with E-state index < -0.39 is 0 Å². The molecule has 1 aliphatic heterocycles. The summed E-state index contributed by atoms with van der Waals surface area (Å²) in [4.78, 5) is 21.0. The molecule has 0 aliphatic carbocycles. The number of hydrogen-bond acceptors (Lipinski definition) is 5. The highest BCUT2D eigenvalue weighted by Gasteiger charge is 2.30. The molecule has 0 unspecified atom stereocenters. The summed E-state index contributed by atoms with van der Waals surface area (Å²) < 4.78 is 18.6. The van der Waals surface area contributed by atoms with E-state index in [-0.39, 0.29) is 29.9 Å². The number of amidine groups is 1. The minimum atomic E-state index is -0.388. The summed E-state index contributed by atoms with van der Waals surface area (Å²) in [5, 5.41) is 18.9. The van der Waals surface area contributed by atoms with E-state index in [1.165, 1.54) is 12.1 Å². The lowest BCUT2D eigenvalue weighted by Gasteiger charge is -2.18. The summed E-state index contributed by atoms with van der Waals surface area (Å²) >= 11 is 0. The maximum absolute atomic E-state index is 13.4. The quantitative estimate of drug-likeness (QED) is 0.535. The van der Waals surface area contributed by atoms with Gasteiger partial charge in [0.2, 0.25) is 0 Å². The lowest BCUT2D eigenvalue weighted by Crippen LogP contribution is -2.26. The Morgan fingerprint density at radius 1 is 1.30 bits per heavy atom. The van der Waals surface area contributed by atoms with Gasteiger partial charge in [0.05, 0.1) is 35.3 Å². The molecule has 0 radical (unpaired) electrons. The number of nitrogens with zero attached hydrogens (tertiary/aromatic N) is 2. The SMILES string of the molecule is CCCOC(=O)c1ccc(CN2CC(O)=C(c3nc4ccc(F)cc4[nH]3)C2=N)cc1. The van der Waals surface area contributed by atoms with E-state index in [0.717, 1.165) is 12.0 Å². The average molecular weight is 408 g/mol. The fraction of sp³-hybridized carbons (Fsp3) is 0.227. The number of hydrogen-bond donors (Lipinski definition) is 3. The molecule has 3 aromatic rings. The summed E-state index contributed by atoms with van der Waals surface area (Å²) in [5.41, 5.74) is 2.71. The minimum absolute atomic E-state index is 0.0271. The van der Waals surface area contributed by atoms with E-state index in [1.807, 2.05) is 6.92 Å². The first-order chi connectivity index (χ1) is 14.5. The van der Waals surface area contributed by atoms with E-state index in [2.05, 4.69) is 9.97 Å². The highest BCUT2D eigenvalue weighted by Crippen LogP contribution is 2.28. The van der Waals surface area contributed by atoms with Gasteiger partial charge in [-0.05, 0) is 42.3 Å². The number of aromatic amines is 1. The normalized spacial score (nSPS) is 14.1. The van der Waals surface area contributed by atoms with Crippen LogP contribution in [0.5, 0.6) is 0 Å². The van der Waals surface area contributed by atoms with Crippen molar-refractivity contribution in [2.24, 2.45) is 0 Å². The number of nitrogens with one attached hydrogen (secondary N) is 2. The Bertz CT molecular complexity index is 1150. The zero-order valence-corrected chi connectivity index (χ0v) is 16.4. The number of carbonyl (C=O) groups is 1. The van der Waals surface area contributed by atoms with Crippen LogP contribution in [0.25, 0.3) is 16.6 Å². The molecule has 154 valence electrons. The number of aliphatic hydroxyl groups excluding tert-OH is 1. The fourth-order valence-corrected chi connectivity index (χ4v) is 3.36. The van der Waals surface area contributed by atoms with Crippen LogP contribution in [-0.2, 0) is 11.3 Å². The van der Waals surface area contributed by atoms with E-state index >= 15 is 0 Å². The first-order valence-corrected chi connectivity index (χ1v) is 9.64. The van der Waals surface area contributed by atoms with Gasteiger partial charge in [0.25, 0.3) is 0 Å². The number of carbonyl (C=O) groups excluding carboxylic acids is 1. The van der Waals surface area contributed by atoms with E-state index in [1.54, 1.807) is 35.2 Å². The molecule has 0 fully saturated rings. The summed E-state index contributed by atoms with van der Waals surface area (Å²) in [6.45, 7) is 2.86. The third kappa shape index (κ3) is 3.76. The number of ether oxygens (including phenoxy) is 1. The number of H-pyrrole nitrogens is 1. The van der Waals surface area contributed by atoms with Crippen LogP contribution in [0.3, 0.4) is 0 Å². The first kappa shape index (κ1) is 19.6. The van der Waals surface area contributed by atoms with Crippen molar-refractivity contribution in [3.63, 3.8) is 0 Å². The van der Waals surface area contributed by atoms with Crippen molar-refractivity contribution in [2.45, 2.75) is 19.9 Å². The third-order valence-electron chi connectivity index (χ3n) is 4.86. The molecule has 0 amide bonds. The molecule has 8 heteroatoms. The monoisotopic (exact) mass is 408 g/mol. The van der Waals surface area contributed by atoms with Gasteiger partial charge in [-0.25, -0.2) is 14.2 Å². The van der Waals surface area contributed by atoms with Gasteiger partial charge < -0.3 is 19.7 Å². The number of aliphatic hydroxyl groups is 1. The lowest BCUT2D eigenvalue weighted by atomic mass is 10.1. The van der Waals surface area contributed by atoms with Gasteiger partial charge in [0, 0.05) is 6.54 Å². The van der Waals surface area contributed by atoms with Crippen LogP contribution < -0.4 is 0 Å². The predicted octanol–water partition coefficient (Wildman–Crippen LogP) is 4.03. The number of halogens is 1. The molecule has 0 spiro atoms. The second kappa shape index (κ2) is 7.98. The Morgan fingerprint density at radius 2 is 2.07 bits per heavy atom. The van der Waals surface area contributed by atoms with Gasteiger partial charge in [-0.2, -0.15) is 0 Å². The topological polar surface area (TPSA) is 102 Å². The predicted molar refractivity (Wildman–Crippen MR) is 111 cm³/mol. The number of rotatable bonds is 6. The summed E-state index contributed by atoms with van der Waals surface area (Å²) in [6, 6.07) is 11.2. The standard InChI is InChI=1S/C22H21FN4O3/c1-2-9-30-22(29)14-5-3-13(4-6-14)11-27-12-18(28)19(20(27)24)21-25-16-8-7-15(23)10-17(16)26-21/h3-8,10,24,28H,2,9,11-12H2,1H3,(H,25,26). The van der Waals surface area contributed by atoms with Crippen LogP contribution in [0.1, 0.15) is 35.1 Å². The van der Waals surface area contributed by atoms with Crippen molar-refractivity contribution < 1.29 is 19.0 Å². The van der Waals surface area contributed by atoms with Crippen molar-refractivity contribution in [2.75, 3.05) is 13.2 Å². The molecular formula is C22H21FN4O3. The molecule has 30 heavy (non-hydrogen) atoms. The van der Waals surface area contributed by atoms with E-state index in [9.17, 15) is 14.3 Å². The van der Waals surface area contributed by atoms with Gasteiger partial charge in [-0.3, -0.25) is 5.41 Å². The van der Waals surface area contributed by atoms with Crippen molar-refractivity contribution in [3.05, 3.63) is 71.0 Å². The van der Waals surface area contributed by atoms with Gasteiger partial charge in [0.1, 0.15) is 23.2 Å². The van der Waals surface area contributed by atoms with Crippen LogP contribution in [0.2, 0.25) is 0 Å². The Hall–Kier alpha value is -3.68. The molecule has 0 atom stereocenters. The maximum Gasteiger partial charge on any atom is 0.338 e. The molecule has 0 bridgehead atoms. The van der Waals surface area contributed by atoms with Crippen molar-refractivity contribution in [1.29, 1.82) is 5.41 Å². The molecule has 2 heterocycles. The van der Waals surface area contributed by atoms with Crippen molar-refractivity contribution in [3.8, 4) is 0 Å². The van der Waals surface area contributed by atoms with Crippen LogP contribution in [0.15, 0.2) is 48.2 Å². The zero-order chi connectivity index (χ0) is 21.3. The molecule has 2 aromatic carbocycles. The number of aromatic nitrogens is 2. The second-order valence-electron chi connectivity index (χ2n) is 7.11. The van der Waals surface area contributed by atoms with Gasteiger partial charge in [-0.15, -0.1) is 0 Å². The molecule has 0 saturated carbocycles. The minimum Gasteiger partial charge on any atom is -0.510 e. The number of imidazole rings is 1. The van der Waals surface area contributed by atoms with Gasteiger partial charge in [0.15, 0.2) is 0 Å². The lowest BCUT2D eigenvalue weighted by molar-refractivity contribution is 0.0505. The fourth-order valence-electron chi connectivity index (χ4n) is 3.36. The van der Waals surface area contributed by atoms with Crippen LogP contribution in [0, 0.1) is 11.2 Å². The number of fused-ring (bicyclic) bond motifs is 1. The number of esters is 1. The Labute approximate surface area is 172 Å². The van der Waals surface area contributed by atoms with Gasteiger partial charge >= 0.3 is 5.97 Å². The zero-order valence-electron chi connectivity index (χ0n) is 16.4. The Balaban J connectivity index is 1.48. The molecule has 4 rings (SSSR count). The van der Waals surface area contributed by atoms with Crippen LogP contribution >= 0.6 is 0 Å². The first-order valence-electron chi connectivity index (χ1n) is 9.64. The van der Waals surface area contributed by atoms with Crippen LogP contribution in [0.4, 0.5) is 4.39 Å². The molecule has 1 aliphatic rings. The average Bonchev–Trinajstić information content (AvgIpc) is 3.26. The molecular weight excluding hydrogens is 387 g/mol. The molecule has 7 nitrogen and oxygen atoms in total. The van der Waals surface area contributed by atoms with E-state index in [4.69, 9.17) is 10.1 Å². The summed E-state index contributed by atoms with van der Waals surface area (Å²) in [7, 11) is 0. The van der Waals surface area contributed by atoms with Crippen molar-refractivity contribution >= 4 is 28.4 Å². The molecule has 3 N–H and O–H groups in total. The van der Waals surface area contributed by atoms with Gasteiger partial charge in [-0.1, -0.05) is 19.1 Å². The molecule has 1 aromatic heterocycles. The Morgan fingerprint density at radius 3 is 2.80 bits per heavy atom. The molecule has 0 saturated heterocycles. The summed E-state index contributed by atoms with van der Waals surface area (Å²) in [5.74, 6) is -0.270. The summed E-state index contributed by atoms with van der Waals surface area (Å²) in [6.07, 6.45) is 0.764. The Kier molecular flexibility index (Phi) is 5.22. The smallest absolute Gasteiger partial charge is 0.338 e. The van der Waals surface area contributed by atoms with Crippen LogP contribution in [-0.4, -0.2) is 44.9 Å². The highest BCUT2D eigenvalue weighted by molar-refractivity contribution is 6.23. The van der Waals surface area contributed by atoms with Crippen molar-refractivity contribution in [1.82, 2.24) is 14.9 Å². The largest absolute Gasteiger partial charge is 0.510 e. The third-order valence-corrected chi connectivity index (χ3v) is 4.86. The highest BCUT2D eigenvalue weighted by atomic mass is 19.1. The maximum atomic E-state index is 13.4. The van der Waals surface area contributed by atoms with E-state index in [0.29, 0.717) is 41.1 Å².